The lowest BCUT2D eigenvalue weighted by atomic mass is 9.69. The van der Waals surface area contributed by atoms with Crippen molar-refractivity contribution >= 4 is 16.9 Å². The van der Waals surface area contributed by atoms with E-state index in [1.807, 2.05) is 24.3 Å². The van der Waals surface area contributed by atoms with Gasteiger partial charge < -0.3 is 4.90 Å². The number of rotatable bonds is 10. The standard InChI is InChI=1S/C38H44N2/c1-8-16-30(17-15-26-40(34-18-11-9-12-19-34)35-20-13-10-14-21-35)27-33(29-39)31-22-24-32(25-23-31)36(38(5,6)7)28-37(2,3)4/h8-25,27,36H,1,26,28H2,2-7H3/b17-15-,30-16+,33-27+. The third kappa shape index (κ3) is 8.99. The van der Waals surface area contributed by atoms with Gasteiger partial charge in [-0.15, -0.1) is 0 Å². The molecule has 0 fully saturated rings. The molecule has 0 heterocycles. The van der Waals surface area contributed by atoms with Crippen LogP contribution in [0.5, 0.6) is 0 Å². The summed E-state index contributed by atoms with van der Waals surface area (Å²) in [4.78, 5) is 2.26. The van der Waals surface area contributed by atoms with Gasteiger partial charge in [0.05, 0.1) is 11.6 Å². The van der Waals surface area contributed by atoms with Crippen molar-refractivity contribution in [2.45, 2.75) is 53.9 Å². The van der Waals surface area contributed by atoms with E-state index in [4.69, 9.17) is 0 Å². The Morgan fingerprint density at radius 1 is 0.850 bits per heavy atom. The molecular formula is C38H44N2. The summed E-state index contributed by atoms with van der Waals surface area (Å²) in [6.45, 7) is 18.4. The van der Waals surface area contributed by atoms with E-state index < -0.39 is 0 Å². The molecule has 0 radical (unpaired) electrons. The summed E-state index contributed by atoms with van der Waals surface area (Å²) in [6, 6.07) is 31.7. The lowest BCUT2D eigenvalue weighted by Crippen LogP contribution is -2.23. The average Bonchev–Trinajstić information content (AvgIpc) is 2.93. The quantitative estimate of drug-likeness (QED) is 0.193. The number of nitrogens with zero attached hydrogens (tertiary/aromatic N) is 2. The Kier molecular flexibility index (Phi) is 10.5. The van der Waals surface area contributed by atoms with E-state index in [-0.39, 0.29) is 10.8 Å². The van der Waals surface area contributed by atoms with Gasteiger partial charge in [-0.2, -0.15) is 5.26 Å². The molecular weight excluding hydrogens is 484 g/mol. The molecule has 0 aromatic heterocycles. The molecule has 0 bridgehead atoms. The molecule has 0 saturated carbocycles. The van der Waals surface area contributed by atoms with Crippen molar-refractivity contribution in [1.82, 2.24) is 0 Å². The first-order valence-corrected chi connectivity index (χ1v) is 14.1. The van der Waals surface area contributed by atoms with E-state index in [0.29, 0.717) is 18.0 Å². The summed E-state index contributed by atoms with van der Waals surface area (Å²) in [5.41, 5.74) is 6.46. The van der Waals surface area contributed by atoms with E-state index >= 15 is 0 Å². The fourth-order valence-corrected chi connectivity index (χ4v) is 4.94. The number of hydrogen-bond donors (Lipinski definition) is 0. The van der Waals surface area contributed by atoms with E-state index in [1.54, 1.807) is 6.08 Å². The highest BCUT2D eigenvalue weighted by atomic mass is 15.1. The SMILES string of the molecule is C=C/C=C(\C=C/CN(c1ccccc1)c1ccccc1)/C=C(\C#N)c1ccc(C(CC(C)(C)C)C(C)(C)C)cc1. The average molecular weight is 529 g/mol. The van der Waals surface area contributed by atoms with Crippen molar-refractivity contribution in [3.8, 4) is 6.07 Å². The summed E-state index contributed by atoms with van der Waals surface area (Å²) in [7, 11) is 0. The molecule has 3 aromatic carbocycles. The smallest absolute Gasteiger partial charge is 0.0998 e. The van der Waals surface area contributed by atoms with Crippen LogP contribution in [0, 0.1) is 22.2 Å². The maximum absolute atomic E-state index is 10.1. The van der Waals surface area contributed by atoms with Gasteiger partial charge in [-0.1, -0.05) is 133 Å². The third-order valence-corrected chi connectivity index (χ3v) is 6.96. The Labute approximate surface area is 242 Å². The van der Waals surface area contributed by atoms with Crippen LogP contribution in [0.4, 0.5) is 11.4 Å². The van der Waals surface area contributed by atoms with Crippen molar-refractivity contribution in [3.63, 3.8) is 0 Å². The second kappa shape index (κ2) is 13.8. The number of nitriles is 1. The number of hydrogen-bond acceptors (Lipinski definition) is 2. The van der Waals surface area contributed by atoms with Crippen LogP contribution in [-0.4, -0.2) is 6.54 Å². The monoisotopic (exact) mass is 528 g/mol. The molecule has 40 heavy (non-hydrogen) atoms. The summed E-state index contributed by atoms with van der Waals surface area (Å²) < 4.78 is 0. The molecule has 2 heteroatoms. The van der Waals surface area contributed by atoms with Crippen molar-refractivity contribution in [3.05, 3.63) is 139 Å². The zero-order valence-corrected chi connectivity index (χ0v) is 25.1. The molecule has 3 rings (SSSR count). The molecule has 0 N–H and O–H groups in total. The van der Waals surface area contributed by atoms with Gasteiger partial charge in [0, 0.05) is 17.9 Å². The van der Waals surface area contributed by atoms with Gasteiger partial charge in [0.2, 0.25) is 0 Å². The first-order valence-electron chi connectivity index (χ1n) is 14.1. The van der Waals surface area contributed by atoms with Gasteiger partial charge in [-0.3, -0.25) is 0 Å². The van der Waals surface area contributed by atoms with E-state index in [9.17, 15) is 5.26 Å². The third-order valence-electron chi connectivity index (χ3n) is 6.96. The summed E-state index contributed by atoms with van der Waals surface area (Å²) >= 11 is 0. The maximum Gasteiger partial charge on any atom is 0.0998 e. The van der Waals surface area contributed by atoms with Crippen LogP contribution in [0.3, 0.4) is 0 Å². The van der Waals surface area contributed by atoms with Crippen molar-refractivity contribution < 1.29 is 0 Å². The topological polar surface area (TPSA) is 27.0 Å². The second-order valence-electron chi connectivity index (χ2n) is 12.6. The van der Waals surface area contributed by atoms with E-state index in [1.165, 1.54) is 5.56 Å². The molecule has 206 valence electrons. The first kappa shape index (κ1) is 30.5. The number of allylic oxidation sites excluding steroid dienone is 6. The molecule has 1 unspecified atom stereocenters. The van der Waals surface area contributed by atoms with Gasteiger partial charge in [-0.05, 0) is 70.2 Å². The van der Waals surface area contributed by atoms with Crippen LogP contribution in [-0.2, 0) is 0 Å². The lowest BCUT2D eigenvalue weighted by Gasteiger charge is -2.36. The van der Waals surface area contributed by atoms with Gasteiger partial charge in [-0.25, -0.2) is 0 Å². The fraction of sp³-hybridized carbons (Fsp3) is 0.289. The molecule has 3 aromatic rings. The highest BCUT2D eigenvalue weighted by Gasteiger charge is 2.30. The minimum Gasteiger partial charge on any atom is -0.338 e. The number of anilines is 2. The summed E-state index contributed by atoms with van der Waals surface area (Å²) in [5, 5.41) is 10.1. The van der Waals surface area contributed by atoms with Crippen molar-refractivity contribution in [2.75, 3.05) is 11.4 Å². The Morgan fingerprint density at radius 3 is 1.85 bits per heavy atom. The van der Waals surface area contributed by atoms with Crippen LogP contribution in [0.25, 0.3) is 5.57 Å². The zero-order valence-electron chi connectivity index (χ0n) is 25.1. The van der Waals surface area contributed by atoms with Crippen LogP contribution in [0.1, 0.15) is 65.0 Å². The molecule has 0 aliphatic carbocycles. The molecule has 0 amide bonds. The maximum atomic E-state index is 10.1. The highest BCUT2D eigenvalue weighted by Crippen LogP contribution is 2.43. The molecule has 1 atom stereocenters. The second-order valence-corrected chi connectivity index (χ2v) is 12.6. The fourth-order valence-electron chi connectivity index (χ4n) is 4.94. The zero-order chi connectivity index (χ0) is 29.2. The molecule has 0 aliphatic heterocycles. The molecule has 0 spiro atoms. The van der Waals surface area contributed by atoms with Crippen molar-refractivity contribution in [2.24, 2.45) is 10.8 Å². The minimum absolute atomic E-state index is 0.154. The Morgan fingerprint density at radius 2 is 1.40 bits per heavy atom. The van der Waals surface area contributed by atoms with E-state index in [0.717, 1.165) is 28.9 Å². The predicted octanol–water partition coefficient (Wildman–Crippen LogP) is 10.7. The Bertz CT molecular complexity index is 1310. The summed E-state index contributed by atoms with van der Waals surface area (Å²) in [5.74, 6) is 0.437. The minimum atomic E-state index is 0.154. The molecule has 2 nitrogen and oxygen atoms in total. The van der Waals surface area contributed by atoms with Crippen molar-refractivity contribution in [1.29, 1.82) is 5.26 Å². The highest BCUT2D eigenvalue weighted by molar-refractivity contribution is 5.79. The van der Waals surface area contributed by atoms with Crippen LogP contribution in [0.2, 0.25) is 0 Å². The van der Waals surface area contributed by atoms with Gasteiger partial charge >= 0.3 is 0 Å². The Balaban J connectivity index is 1.85. The normalized spacial score (nSPS) is 13.6. The molecule has 0 saturated heterocycles. The predicted molar refractivity (Wildman–Crippen MR) is 174 cm³/mol. The van der Waals surface area contributed by atoms with Gasteiger partial charge in [0.15, 0.2) is 0 Å². The lowest BCUT2D eigenvalue weighted by molar-refractivity contribution is 0.229. The van der Waals surface area contributed by atoms with Gasteiger partial charge in [0.1, 0.15) is 0 Å². The summed E-state index contributed by atoms with van der Waals surface area (Å²) in [6.07, 6.45) is 10.9. The van der Waals surface area contributed by atoms with Crippen LogP contribution >= 0.6 is 0 Å². The van der Waals surface area contributed by atoms with E-state index in [2.05, 4.69) is 144 Å². The first-order chi connectivity index (χ1) is 19.0. The van der Waals surface area contributed by atoms with Crippen LogP contribution < -0.4 is 4.90 Å². The number of para-hydroxylation sites is 2. The van der Waals surface area contributed by atoms with Gasteiger partial charge in [0.25, 0.3) is 0 Å². The largest absolute Gasteiger partial charge is 0.338 e. The number of benzene rings is 3. The Hall–Kier alpha value is -4.09. The molecule has 0 aliphatic rings. The van der Waals surface area contributed by atoms with Crippen LogP contribution in [0.15, 0.2) is 127 Å².